The van der Waals surface area contributed by atoms with Crippen LogP contribution in [0.3, 0.4) is 0 Å². The molecule has 0 aromatic heterocycles. The summed E-state index contributed by atoms with van der Waals surface area (Å²) in [6.07, 6.45) is 3.02. The molecule has 2 aromatic carbocycles. The zero-order chi connectivity index (χ0) is 13.1. The predicted molar refractivity (Wildman–Crippen MR) is 83.2 cm³/mol. The van der Waals surface area contributed by atoms with E-state index in [4.69, 9.17) is 0 Å². The molecule has 2 aromatic rings. The Morgan fingerprint density at radius 3 is 1.95 bits per heavy atom. The summed E-state index contributed by atoms with van der Waals surface area (Å²) in [5, 5.41) is 2.83. The van der Waals surface area contributed by atoms with Gasteiger partial charge in [0.15, 0.2) is 6.29 Å². The van der Waals surface area contributed by atoms with Crippen LogP contribution in [-0.4, -0.2) is 37.4 Å². The van der Waals surface area contributed by atoms with E-state index in [9.17, 15) is 0 Å². The number of benzene rings is 2. The molecule has 0 amide bonds. The second-order valence-corrected chi connectivity index (χ2v) is 6.13. The standard InChI is InChI=1S/C17H19N3/c1-5-13-6-2-8-15-16(13)14(7-1)19-11-3-9-18-10-4-12-20(15)17(18)19/h1-2,5-8,17H,3-4,9-12H2. The quantitative estimate of drug-likeness (QED) is 0.725. The monoisotopic (exact) mass is 265 g/mol. The molecule has 3 aliphatic heterocycles. The first-order valence-corrected chi connectivity index (χ1v) is 7.72. The lowest BCUT2D eigenvalue weighted by atomic mass is 9.99. The van der Waals surface area contributed by atoms with Gasteiger partial charge in [0, 0.05) is 42.9 Å². The van der Waals surface area contributed by atoms with Gasteiger partial charge in [-0.05, 0) is 30.4 Å². The molecule has 2 fully saturated rings. The highest BCUT2D eigenvalue weighted by Crippen LogP contribution is 2.44. The van der Waals surface area contributed by atoms with E-state index >= 15 is 0 Å². The Bertz CT molecular complexity index is 628. The third-order valence-corrected chi connectivity index (χ3v) is 5.05. The van der Waals surface area contributed by atoms with E-state index in [-0.39, 0.29) is 0 Å². The first-order valence-electron chi connectivity index (χ1n) is 7.72. The fourth-order valence-electron chi connectivity index (χ4n) is 4.29. The summed E-state index contributed by atoms with van der Waals surface area (Å²) in [7, 11) is 0. The Kier molecular flexibility index (Phi) is 2.13. The first kappa shape index (κ1) is 11.0. The van der Waals surface area contributed by atoms with Crippen molar-refractivity contribution >= 4 is 22.1 Å². The molecule has 0 bridgehead atoms. The van der Waals surface area contributed by atoms with Gasteiger partial charge in [-0.25, -0.2) is 0 Å². The van der Waals surface area contributed by atoms with Crippen LogP contribution in [-0.2, 0) is 0 Å². The van der Waals surface area contributed by atoms with Crippen molar-refractivity contribution in [2.24, 2.45) is 0 Å². The number of hydrogen-bond donors (Lipinski definition) is 0. The number of fused-ring (bicyclic) bond motifs is 2. The summed E-state index contributed by atoms with van der Waals surface area (Å²) in [6, 6.07) is 13.5. The van der Waals surface area contributed by atoms with Gasteiger partial charge < -0.3 is 9.80 Å². The summed E-state index contributed by atoms with van der Waals surface area (Å²) in [6.45, 7) is 4.86. The molecule has 0 radical (unpaired) electrons. The van der Waals surface area contributed by atoms with Crippen molar-refractivity contribution in [3.8, 4) is 0 Å². The highest BCUT2D eigenvalue weighted by atomic mass is 15.5. The van der Waals surface area contributed by atoms with Crippen molar-refractivity contribution in [3.05, 3.63) is 36.4 Å². The third-order valence-electron chi connectivity index (χ3n) is 5.05. The Morgan fingerprint density at radius 1 is 0.750 bits per heavy atom. The third kappa shape index (κ3) is 1.29. The highest BCUT2D eigenvalue weighted by molar-refractivity contribution is 6.05. The lowest BCUT2D eigenvalue weighted by molar-refractivity contribution is 0.128. The maximum Gasteiger partial charge on any atom is 0.160 e. The minimum absolute atomic E-state index is 0.456. The molecule has 0 N–H and O–H groups in total. The number of rotatable bonds is 0. The fraction of sp³-hybridized carbons (Fsp3) is 0.412. The fourth-order valence-corrected chi connectivity index (χ4v) is 4.29. The highest BCUT2D eigenvalue weighted by Gasteiger charge is 2.40. The minimum atomic E-state index is 0.456. The van der Waals surface area contributed by atoms with Gasteiger partial charge in [0.1, 0.15) is 0 Å². The van der Waals surface area contributed by atoms with E-state index in [1.54, 1.807) is 0 Å². The van der Waals surface area contributed by atoms with Crippen molar-refractivity contribution in [3.63, 3.8) is 0 Å². The van der Waals surface area contributed by atoms with Gasteiger partial charge in [-0.2, -0.15) is 0 Å². The average Bonchev–Trinajstić information content (AvgIpc) is 2.52. The van der Waals surface area contributed by atoms with Gasteiger partial charge in [-0.15, -0.1) is 0 Å². The van der Waals surface area contributed by atoms with Crippen LogP contribution in [0.1, 0.15) is 12.8 Å². The molecule has 0 spiro atoms. The summed E-state index contributed by atoms with van der Waals surface area (Å²) in [5.41, 5.74) is 2.87. The molecular weight excluding hydrogens is 246 g/mol. The zero-order valence-corrected chi connectivity index (χ0v) is 11.6. The molecule has 0 unspecified atom stereocenters. The largest absolute Gasteiger partial charge is 0.338 e. The molecule has 3 heterocycles. The van der Waals surface area contributed by atoms with E-state index in [1.807, 2.05) is 0 Å². The zero-order valence-electron chi connectivity index (χ0n) is 11.6. The van der Waals surface area contributed by atoms with Crippen LogP contribution in [0.4, 0.5) is 11.4 Å². The Hall–Kier alpha value is -1.74. The molecule has 0 aliphatic carbocycles. The molecule has 5 rings (SSSR count). The SMILES string of the molecule is c1cc2c3c(cccc3c1)N1CCCN3CCCN2C31. The van der Waals surface area contributed by atoms with Gasteiger partial charge in [0.25, 0.3) is 0 Å². The Morgan fingerprint density at radius 2 is 1.35 bits per heavy atom. The molecule has 3 nitrogen and oxygen atoms in total. The van der Waals surface area contributed by atoms with Crippen molar-refractivity contribution in [2.75, 3.05) is 36.0 Å². The van der Waals surface area contributed by atoms with Crippen LogP contribution in [0.5, 0.6) is 0 Å². The molecule has 3 aliphatic rings. The Labute approximate surface area is 119 Å². The smallest absolute Gasteiger partial charge is 0.160 e. The normalized spacial score (nSPS) is 22.2. The van der Waals surface area contributed by atoms with E-state index in [0.29, 0.717) is 6.29 Å². The van der Waals surface area contributed by atoms with Crippen molar-refractivity contribution in [1.82, 2.24) is 4.90 Å². The first-order chi connectivity index (χ1) is 9.93. The van der Waals surface area contributed by atoms with Crippen LogP contribution >= 0.6 is 0 Å². The average molecular weight is 265 g/mol. The van der Waals surface area contributed by atoms with Crippen molar-refractivity contribution in [1.29, 1.82) is 0 Å². The van der Waals surface area contributed by atoms with Gasteiger partial charge >= 0.3 is 0 Å². The number of nitrogens with zero attached hydrogens (tertiary/aromatic N) is 3. The van der Waals surface area contributed by atoms with Crippen molar-refractivity contribution in [2.45, 2.75) is 19.1 Å². The van der Waals surface area contributed by atoms with Gasteiger partial charge in [-0.1, -0.05) is 24.3 Å². The van der Waals surface area contributed by atoms with Gasteiger partial charge in [-0.3, -0.25) is 4.90 Å². The maximum atomic E-state index is 2.65. The van der Waals surface area contributed by atoms with E-state index in [1.165, 1.54) is 61.2 Å². The van der Waals surface area contributed by atoms with Crippen LogP contribution < -0.4 is 9.80 Å². The molecule has 102 valence electrons. The van der Waals surface area contributed by atoms with Crippen LogP contribution in [0, 0.1) is 0 Å². The van der Waals surface area contributed by atoms with Crippen molar-refractivity contribution < 1.29 is 0 Å². The number of anilines is 2. The molecular formula is C17H19N3. The Balaban J connectivity index is 1.82. The summed E-state index contributed by atoms with van der Waals surface area (Å²) in [5.74, 6) is 0. The van der Waals surface area contributed by atoms with E-state index < -0.39 is 0 Å². The lowest BCUT2D eigenvalue weighted by Crippen LogP contribution is -2.66. The topological polar surface area (TPSA) is 9.72 Å². The summed E-state index contributed by atoms with van der Waals surface area (Å²) in [4.78, 5) is 7.90. The van der Waals surface area contributed by atoms with Crippen LogP contribution in [0.25, 0.3) is 10.8 Å². The molecule has 2 saturated heterocycles. The predicted octanol–water partition coefficient (Wildman–Crippen LogP) is 2.86. The summed E-state index contributed by atoms with van der Waals surface area (Å²) >= 11 is 0. The molecule has 3 heteroatoms. The van der Waals surface area contributed by atoms with Gasteiger partial charge in [0.2, 0.25) is 0 Å². The van der Waals surface area contributed by atoms with Crippen LogP contribution in [0.15, 0.2) is 36.4 Å². The summed E-state index contributed by atoms with van der Waals surface area (Å²) < 4.78 is 0. The van der Waals surface area contributed by atoms with Crippen LogP contribution in [0.2, 0.25) is 0 Å². The van der Waals surface area contributed by atoms with E-state index in [2.05, 4.69) is 51.1 Å². The van der Waals surface area contributed by atoms with Gasteiger partial charge in [0.05, 0.1) is 0 Å². The molecule has 20 heavy (non-hydrogen) atoms. The number of hydrogen-bond acceptors (Lipinski definition) is 3. The lowest BCUT2D eigenvalue weighted by Gasteiger charge is -2.56. The second-order valence-electron chi connectivity index (χ2n) is 6.13. The molecule has 0 saturated carbocycles. The second kappa shape index (κ2) is 3.89. The minimum Gasteiger partial charge on any atom is -0.338 e. The molecule has 0 atom stereocenters. The maximum absolute atomic E-state index is 2.65. The van der Waals surface area contributed by atoms with E-state index in [0.717, 1.165) is 0 Å².